The molecule has 0 aliphatic rings. The number of hydrogen-bond acceptors (Lipinski definition) is 4. The molecular weight excluding hydrogens is 160 g/mol. The Balaban J connectivity index is 2.04. The van der Waals surface area contributed by atoms with Gasteiger partial charge in [0.2, 0.25) is 5.13 Å². The lowest BCUT2D eigenvalue weighted by Crippen LogP contribution is -1.99. The first-order chi connectivity index (χ1) is 5.43. The second-order valence-electron chi connectivity index (χ2n) is 2.23. The number of unbranched alkanes of at least 4 members (excludes halogenated alkanes) is 2. The fraction of sp³-hybridized carbons (Fsp3) is 0.833. The summed E-state index contributed by atoms with van der Waals surface area (Å²) in [5.74, 6) is 0. The van der Waals surface area contributed by atoms with Gasteiger partial charge in [-0.25, -0.2) is 0 Å². The van der Waals surface area contributed by atoms with Gasteiger partial charge in [-0.15, -0.1) is 0 Å². The van der Waals surface area contributed by atoms with E-state index in [0.717, 1.165) is 13.0 Å². The smallest absolute Gasteiger partial charge is 0.246 e. The van der Waals surface area contributed by atoms with Gasteiger partial charge in [0.05, 0.1) is 0 Å². The third kappa shape index (κ3) is 3.27. The van der Waals surface area contributed by atoms with Crippen molar-refractivity contribution >= 4 is 16.7 Å². The van der Waals surface area contributed by atoms with Crippen molar-refractivity contribution in [1.29, 1.82) is 0 Å². The lowest BCUT2D eigenvalue weighted by atomic mass is 10.2. The highest BCUT2D eigenvalue weighted by molar-refractivity contribution is 7.08. The van der Waals surface area contributed by atoms with Gasteiger partial charge in [0.15, 0.2) is 0 Å². The molecule has 0 spiro atoms. The van der Waals surface area contributed by atoms with Gasteiger partial charge in [0.25, 0.3) is 0 Å². The highest BCUT2D eigenvalue weighted by Crippen LogP contribution is 2.05. The van der Waals surface area contributed by atoms with Crippen molar-refractivity contribution in [2.45, 2.75) is 26.2 Å². The molecule has 4 nitrogen and oxygen atoms in total. The summed E-state index contributed by atoms with van der Waals surface area (Å²) in [5, 5.41) is 12.0. The molecular formula is C6H11N4S. The largest absolute Gasteiger partial charge is 0.255 e. The van der Waals surface area contributed by atoms with Crippen LogP contribution in [0.5, 0.6) is 0 Å². The quantitative estimate of drug-likeness (QED) is 0.628. The monoisotopic (exact) mass is 171 g/mol. The van der Waals surface area contributed by atoms with Crippen LogP contribution < -0.4 is 5.32 Å². The standard InChI is InChI=1S/C6H11N4S/c1-2-3-4-5-7-6-8-9-10-11-6/h2-5H2,1H3. The van der Waals surface area contributed by atoms with Crippen LogP contribution in [0.1, 0.15) is 26.2 Å². The second kappa shape index (κ2) is 5.01. The van der Waals surface area contributed by atoms with Crippen molar-refractivity contribution in [1.82, 2.24) is 20.1 Å². The molecule has 0 saturated heterocycles. The zero-order chi connectivity index (χ0) is 7.94. The Morgan fingerprint density at radius 2 is 2.36 bits per heavy atom. The summed E-state index contributed by atoms with van der Waals surface area (Å²) in [6, 6.07) is 0. The fourth-order valence-corrected chi connectivity index (χ4v) is 1.09. The third-order valence-electron chi connectivity index (χ3n) is 1.30. The summed E-state index contributed by atoms with van der Waals surface area (Å²) < 4.78 is 3.61. The van der Waals surface area contributed by atoms with Crippen LogP contribution in [0.4, 0.5) is 5.13 Å². The van der Waals surface area contributed by atoms with Crippen molar-refractivity contribution in [3.63, 3.8) is 0 Å². The van der Waals surface area contributed by atoms with E-state index in [2.05, 4.69) is 27.0 Å². The maximum atomic E-state index is 4.19. The number of hydrogen-bond donors (Lipinski definition) is 0. The van der Waals surface area contributed by atoms with Crippen LogP contribution in [0.15, 0.2) is 0 Å². The minimum atomic E-state index is 0.695. The minimum Gasteiger partial charge on any atom is -0.255 e. The van der Waals surface area contributed by atoms with Crippen LogP contribution in [-0.4, -0.2) is 21.3 Å². The molecule has 0 aromatic carbocycles. The summed E-state index contributed by atoms with van der Waals surface area (Å²) in [7, 11) is 0. The first kappa shape index (κ1) is 8.39. The van der Waals surface area contributed by atoms with E-state index in [9.17, 15) is 0 Å². The molecule has 0 bridgehead atoms. The molecule has 11 heavy (non-hydrogen) atoms. The van der Waals surface area contributed by atoms with Gasteiger partial charge < -0.3 is 0 Å². The van der Waals surface area contributed by atoms with Crippen molar-refractivity contribution in [3.8, 4) is 0 Å². The third-order valence-corrected chi connectivity index (χ3v) is 1.83. The topological polar surface area (TPSA) is 52.8 Å². The zero-order valence-corrected chi connectivity index (χ0v) is 7.34. The van der Waals surface area contributed by atoms with E-state index in [1.807, 2.05) is 0 Å². The maximum Gasteiger partial charge on any atom is 0.246 e. The van der Waals surface area contributed by atoms with E-state index in [0.29, 0.717) is 5.13 Å². The Bertz CT molecular complexity index is 175. The molecule has 0 N–H and O–H groups in total. The molecule has 0 fully saturated rings. The average Bonchev–Trinajstić information content (AvgIpc) is 2.50. The molecule has 0 saturated carbocycles. The lowest BCUT2D eigenvalue weighted by Gasteiger charge is -1.94. The van der Waals surface area contributed by atoms with Gasteiger partial charge in [0.1, 0.15) is 0 Å². The van der Waals surface area contributed by atoms with Gasteiger partial charge in [-0.2, -0.15) is 0 Å². The summed E-state index contributed by atoms with van der Waals surface area (Å²) >= 11 is 1.24. The summed E-state index contributed by atoms with van der Waals surface area (Å²) in [6.07, 6.45) is 3.59. The summed E-state index contributed by atoms with van der Waals surface area (Å²) in [4.78, 5) is 0. The van der Waals surface area contributed by atoms with Crippen LogP contribution in [-0.2, 0) is 0 Å². The molecule has 1 radical (unpaired) electrons. The summed E-state index contributed by atoms with van der Waals surface area (Å²) in [5.41, 5.74) is 0. The SMILES string of the molecule is CCCCC[N]c1nnns1. The zero-order valence-electron chi connectivity index (χ0n) is 6.53. The van der Waals surface area contributed by atoms with Crippen LogP contribution in [0.3, 0.4) is 0 Å². The molecule has 5 heteroatoms. The lowest BCUT2D eigenvalue weighted by molar-refractivity contribution is 0.676. The molecule has 0 unspecified atom stereocenters. The van der Waals surface area contributed by atoms with Crippen LogP contribution in [0.25, 0.3) is 0 Å². The molecule has 0 aliphatic heterocycles. The van der Waals surface area contributed by atoms with Gasteiger partial charge in [-0.1, -0.05) is 29.4 Å². The molecule has 0 amide bonds. The molecule has 1 rings (SSSR count). The Morgan fingerprint density at radius 1 is 1.45 bits per heavy atom. The Hall–Kier alpha value is -0.710. The van der Waals surface area contributed by atoms with Gasteiger partial charge in [0, 0.05) is 18.1 Å². The Labute approximate surface area is 70.2 Å². The van der Waals surface area contributed by atoms with E-state index in [-0.39, 0.29) is 0 Å². The Kier molecular flexibility index (Phi) is 3.82. The number of rotatable bonds is 5. The molecule has 0 atom stereocenters. The van der Waals surface area contributed by atoms with Crippen molar-refractivity contribution in [3.05, 3.63) is 0 Å². The van der Waals surface area contributed by atoms with Crippen LogP contribution >= 0.6 is 11.5 Å². The van der Waals surface area contributed by atoms with Gasteiger partial charge >= 0.3 is 0 Å². The highest BCUT2D eigenvalue weighted by Gasteiger charge is 1.96. The van der Waals surface area contributed by atoms with E-state index in [1.165, 1.54) is 24.4 Å². The predicted octanol–water partition coefficient (Wildman–Crippen LogP) is 1.36. The van der Waals surface area contributed by atoms with E-state index >= 15 is 0 Å². The fourth-order valence-electron chi connectivity index (χ4n) is 0.727. The van der Waals surface area contributed by atoms with Crippen molar-refractivity contribution in [2.75, 3.05) is 6.54 Å². The highest BCUT2D eigenvalue weighted by atomic mass is 32.1. The molecule has 1 aromatic rings. The minimum absolute atomic E-state index is 0.695. The predicted molar refractivity (Wildman–Crippen MR) is 43.9 cm³/mol. The molecule has 61 valence electrons. The average molecular weight is 171 g/mol. The number of nitrogens with zero attached hydrogens (tertiary/aromatic N) is 4. The van der Waals surface area contributed by atoms with E-state index in [4.69, 9.17) is 0 Å². The second-order valence-corrected chi connectivity index (χ2v) is 2.94. The molecule has 1 aromatic heterocycles. The molecule has 1 heterocycles. The van der Waals surface area contributed by atoms with Crippen molar-refractivity contribution in [2.24, 2.45) is 0 Å². The van der Waals surface area contributed by atoms with Gasteiger partial charge in [-0.3, -0.25) is 5.32 Å². The normalized spacial score (nSPS) is 9.91. The van der Waals surface area contributed by atoms with E-state index < -0.39 is 0 Å². The maximum absolute atomic E-state index is 4.19. The first-order valence-corrected chi connectivity index (χ1v) is 4.53. The number of aromatic nitrogens is 3. The Morgan fingerprint density at radius 3 is 3.00 bits per heavy atom. The van der Waals surface area contributed by atoms with Crippen LogP contribution in [0.2, 0.25) is 0 Å². The van der Waals surface area contributed by atoms with E-state index in [1.54, 1.807) is 0 Å². The van der Waals surface area contributed by atoms with Crippen LogP contribution in [0, 0.1) is 0 Å². The van der Waals surface area contributed by atoms with Crippen molar-refractivity contribution < 1.29 is 0 Å². The first-order valence-electron chi connectivity index (χ1n) is 3.76. The summed E-state index contributed by atoms with van der Waals surface area (Å²) in [6.45, 7) is 3.03. The van der Waals surface area contributed by atoms with Gasteiger partial charge in [-0.05, 0) is 11.6 Å². The molecule has 0 aliphatic carbocycles.